The number of esters is 1. The van der Waals surface area contributed by atoms with Crippen LogP contribution in [0.2, 0.25) is 0 Å². The van der Waals surface area contributed by atoms with Crippen LogP contribution in [-0.4, -0.2) is 53.1 Å². The van der Waals surface area contributed by atoms with E-state index >= 15 is 0 Å². The highest BCUT2D eigenvalue weighted by Crippen LogP contribution is 2.32. The molecule has 34 heavy (non-hydrogen) atoms. The summed E-state index contributed by atoms with van der Waals surface area (Å²) in [7, 11) is 0. The van der Waals surface area contributed by atoms with Crippen molar-refractivity contribution in [2.24, 2.45) is 0 Å². The van der Waals surface area contributed by atoms with E-state index in [1.807, 2.05) is 42.5 Å². The number of hydrogen-bond donors (Lipinski definition) is 1. The lowest BCUT2D eigenvalue weighted by atomic mass is 9.84. The molecule has 0 spiro atoms. The van der Waals surface area contributed by atoms with Crippen molar-refractivity contribution in [3.8, 4) is 0 Å². The molecule has 180 valence electrons. The summed E-state index contributed by atoms with van der Waals surface area (Å²) >= 11 is 0. The minimum Gasteiger partial charge on any atom is -0.456 e. The summed E-state index contributed by atoms with van der Waals surface area (Å²) < 4.78 is 10.5. The summed E-state index contributed by atoms with van der Waals surface area (Å²) in [5.41, 5.74) is 2.55. The van der Waals surface area contributed by atoms with Crippen molar-refractivity contribution < 1.29 is 29.0 Å². The molecule has 0 radical (unpaired) electrons. The van der Waals surface area contributed by atoms with Gasteiger partial charge in [0.25, 0.3) is 0 Å². The molecule has 2 aliphatic rings. The Labute approximate surface area is 199 Å². The molecule has 2 aromatic rings. The number of hydrogen-bond acceptors (Lipinski definition) is 6. The van der Waals surface area contributed by atoms with Crippen LogP contribution in [0.3, 0.4) is 0 Å². The normalized spacial score (nSPS) is 20.7. The van der Waals surface area contributed by atoms with Gasteiger partial charge in [-0.15, -0.1) is 0 Å². The molecule has 1 aliphatic carbocycles. The number of rotatable bonds is 7. The van der Waals surface area contributed by atoms with Crippen LogP contribution in [0.15, 0.2) is 54.6 Å². The van der Waals surface area contributed by atoms with Gasteiger partial charge in [0.1, 0.15) is 12.6 Å². The van der Waals surface area contributed by atoms with Crippen molar-refractivity contribution in [3.63, 3.8) is 0 Å². The molecular formula is C27H31NO6. The Balaban J connectivity index is 1.29. The van der Waals surface area contributed by atoms with Crippen LogP contribution in [0.4, 0.5) is 4.79 Å². The molecule has 1 saturated carbocycles. The lowest BCUT2D eigenvalue weighted by molar-refractivity contribution is -0.147. The van der Waals surface area contributed by atoms with E-state index in [2.05, 4.69) is 0 Å². The van der Waals surface area contributed by atoms with Gasteiger partial charge in [-0.1, -0.05) is 73.9 Å². The fraction of sp³-hybridized carbons (Fsp3) is 0.444. The smallest absolute Gasteiger partial charge is 0.410 e. The predicted molar refractivity (Wildman–Crippen MR) is 125 cm³/mol. The summed E-state index contributed by atoms with van der Waals surface area (Å²) in [5, 5.41) is 10.0. The Bertz CT molecular complexity index is 984. The third-order valence-corrected chi connectivity index (χ3v) is 6.65. The number of nitrogens with zero attached hydrogens (tertiary/aromatic N) is 1. The summed E-state index contributed by atoms with van der Waals surface area (Å²) in [6, 6.07) is 15.7. The minimum atomic E-state index is -0.986. The van der Waals surface area contributed by atoms with Gasteiger partial charge in [-0.3, -0.25) is 9.69 Å². The zero-order valence-corrected chi connectivity index (χ0v) is 19.2. The van der Waals surface area contributed by atoms with Crippen LogP contribution in [0.25, 0.3) is 0 Å². The SMILES string of the molecule is O=C(COC(=O)[C@@H]1C[C@H](O)CN1C(=O)OCc1ccccc1)c1ccc(C2CCCCC2)cc1. The molecule has 0 aromatic heterocycles. The summed E-state index contributed by atoms with van der Waals surface area (Å²) in [5.74, 6) is -0.474. The average Bonchev–Trinajstić information content (AvgIpc) is 3.28. The number of carbonyl (C=O) groups is 3. The Morgan fingerprint density at radius 2 is 1.62 bits per heavy atom. The Hall–Kier alpha value is -3.19. The molecule has 0 bridgehead atoms. The van der Waals surface area contributed by atoms with Gasteiger partial charge in [0.05, 0.1) is 12.6 Å². The van der Waals surface area contributed by atoms with Crippen LogP contribution in [0, 0.1) is 0 Å². The number of likely N-dealkylation sites (tertiary alicyclic amines) is 1. The zero-order valence-electron chi connectivity index (χ0n) is 19.2. The summed E-state index contributed by atoms with van der Waals surface area (Å²) in [4.78, 5) is 38.9. The topological polar surface area (TPSA) is 93.1 Å². The number of Topliss-reactive ketones (excluding diaryl/α,β-unsaturated/α-hetero) is 1. The molecule has 1 amide bonds. The van der Waals surface area contributed by atoms with Crippen molar-refractivity contribution in [1.29, 1.82) is 0 Å². The van der Waals surface area contributed by atoms with E-state index in [4.69, 9.17) is 9.47 Å². The average molecular weight is 466 g/mol. The Morgan fingerprint density at radius 3 is 2.32 bits per heavy atom. The number of benzene rings is 2. The molecule has 7 nitrogen and oxygen atoms in total. The lowest BCUT2D eigenvalue weighted by Crippen LogP contribution is -2.42. The van der Waals surface area contributed by atoms with Gasteiger partial charge in [-0.25, -0.2) is 9.59 Å². The zero-order chi connectivity index (χ0) is 23.9. The Kier molecular flexibility index (Phi) is 7.95. The van der Waals surface area contributed by atoms with E-state index in [1.165, 1.54) is 42.6 Å². The predicted octanol–water partition coefficient (Wildman–Crippen LogP) is 4.23. The van der Waals surface area contributed by atoms with Gasteiger partial charge in [-0.05, 0) is 29.9 Å². The van der Waals surface area contributed by atoms with Crippen molar-refractivity contribution in [2.45, 2.75) is 63.2 Å². The first kappa shape index (κ1) is 24.0. The number of aliphatic hydroxyl groups is 1. The summed E-state index contributed by atoms with van der Waals surface area (Å²) in [6.45, 7) is -0.381. The summed E-state index contributed by atoms with van der Waals surface area (Å²) in [6.07, 6.45) is 4.63. The molecule has 0 unspecified atom stereocenters. The maximum atomic E-state index is 12.6. The monoisotopic (exact) mass is 465 g/mol. The second-order valence-electron chi connectivity index (χ2n) is 9.09. The molecule has 7 heteroatoms. The van der Waals surface area contributed by atoms with Gasteiger partial charge >= 0.3 is 12.1 Å². The first-order valence-corrected chi connectivity index (χ1v) is 12.0. The minimum absolute atomic E-state index is 0.0238. The molecule has 4 rings (SSSR count). The lowest BCUT2D eigenvalue weighted by Gasteiger charge is -2.22. The second kappa shape index (κ2) is 11.3. The first-order chi connectivity index (χ1) is 16.5. The molecule has 1 saturated heterocycles. The number of ether oxygens (including phenoxy) is 2. The first-order valence-electron chi connectivity index (χ1n) is 12.0. The van der Waals surface area contributed by atoms with E-state index in [1.54, 1.807) is 12.1 Å². The van der Waals surface area contributed by atoms with Crippen molar-refractivity contribution in [1.82, 2.24) is 4.90 Å². The number of aliphatic hydroxyl groups excluding tert-OH is 1. The maximum Gasteiger partial charge on any atom is 0.410 e. The third kappa shape index (κ3) is 6.03. The molecule has 2 aromatic carbocycles. The third-order valence-electron chi connectivity index (χ3n) is 6.65. The highest BCUT2D eigenvalue weighted by atomic mass is 16.6. The van der Waals surface area contributed by atoms with E-state index in [0.29, 0.717) is 11.5 Å². The molecule has 1 aliphatic heterocycles. The van der Waals surface area contributed by atoms with Crippen molar-refractivity contribution >= 4 is 17.8 Å². The second-order valence-corrected chi connectivity index (χ2v) is 9.09. The van der Waals surface area contributed by atoms with Gasteiger partial charge < -0.3 is 14.6 Å². The molecule has 2 atom stereocenters. The largest absolute Gasteiger partial charge is 0.456 e. The molecule has 2 fully saturated rings. The number of β-amino-alcohol motifs (C(OH)–C–C–N with tert-alkyl or cyclic N) is 1. The van der Waals surface area contributed by atoms with E-state index in [-0.39, 0.29) is 25.4 Å². The standard InChI is InChI=1S/C27H31NO6/c29-23-15-24(28(16-23)27(32)34-17-19-7-3-1-4-8-19)26(31)33-18-25(30)22-13-11-21(12-14-22)20-9-5-2-6-10-20/h1,3-4,7-8,11-14,20,23-24,29H,2,5-6,9-10,15-18H2/t23-,24-/m0/s1. The van der Waals surface area contributed by atoms with Crippen molar-refractivity contribution in [2.75, 3.05) is 13.2 Å². The van der Waals surface area contributed by atoms with Gasteiger partial charge in [-0.2, -0.15) is 0 Å². The number of carbonyl (C=O) groups excluding carboxylic acids is 3. The fourth-order valence-electron chi connectivity index (χ4n) is 4.73. The van der Waals surface area contributed by atoms with E-state index < -0.39 is 30.8 Å². The van der Waals surface area contributed by atoms with Crippen LogP contribution >= 0.6 is 0 Å². The van der Waals surface area contributed by atoms with Crippen LogP contribution in [-0.2, 0) is 20.9 Å². The quantitative estimate of drug-likeness (QED) is 0.486. The van der Waals surface area contributed by atoms with Gasteiger partial charge in [0.2, 0.25) is 0 Å². The maximum absolute atomic E-state index is 12.6. The van der Waals surface area contributed by atoms with Crippen LogP contribution in [0.1, 0.15) is 65.9 Å². The highest BCUT2D eigenvalue weighted by molar-refractivity contribution is 5.98. The number of ketones is 1. The molecular weight excluding hydrogens is 434 g/mol. The fourth-order valence-corrected chi connectivity index (χ4v) is 4.73. The van der Waals surface area contributed by atoms with E-state index in [0.717, 1.165) is 5.56 Å². The molecule has 1 heterocycles. The Morgan fingerprint density at radius 1 is 0.912 bits per heavy atom. The van der Waals surface area contributed by atoms with Gasteiger partial charge in [0, 0.05) is 12.0 Å². The highest BCUT2D eigenvalue weighted by Gasteiger charge is 2.41. The molecule has 1 N–H and O–H groups in total. The van der Waals surface area contributed by atoms with Crippen molar-refractivity contribution in [3.05, 3.63) is 71.3 Å². The van der Waals surface area contributed by atoms with E-state index in [9.17, 15) is 19.5 Å². The number of amides is 1. The van der Waals surface area contributed by atoms with Gasteiger partial charge in [0.15, 0.2) is 12.4 Å². The van der Waals surface area contributed by atoms with Crippen LogP contribution in [0.5, 0.6) is 0 Å². The van der Waals surface area contributed by atoms with Crippen LogP contribution < -0.4 is 0 Å².